The summed E-state index contributed by atoms with van der Waals surface area (Å²) >= 11 is 0. The van der Waals surface area contributed by atoms with Crippen LogP contribution in [0.1, 0.15) is 17.2 Å². The standard InChI is InChI=1S/C17H21NO4S/c1-13-5-4-6-16(11-13)23(20,21)18(2)12-17(19)14-7-9-15(22-3)10-8-14/h4-11,17,19H,12H2,1-3H3. The number of sulfonamides is 1. The first kappa shape index (κ1) is 17.5. The summed E-state index contributed by atoms with van der Waals surface area (Å²) in [6.07, 6.45) is -0.912. The fourth-order valence-corrected chi connectivity index (χ4v) is 3.51. The van der Waals surface area contributed by atoms with E-state index < -0.39 is 16.1 Å². The lowest BCUT2D eigenvalue weighted by molar-refractivity contribution is 0.155. The average Bonchev–Trinajstić information content (AvgIpc) is 2.54. The maximum atomic E-state index is 12.5. The van der Waals surface area contributed by atoms with Crippen LogP contribution in [0.5, 0.6) is 5.75 Å². The van der Waals surface area contributed by atoms with Crippen LogP contribution in [-0.4, -0.2) is 38.5 Å². The number of aryl methyl sites for hydroxylation is 1. The summed E-state index contributed by atoms with van der Waals surface area (Å²) in [5, 5.41) is 10.3. The number of rotatable bonds is 6. The summed E-state index contributed by atoms with van der Waals surface area (Å²) in [4.78, 5) is 0.224. The van der Waals surface area contributed by atoms with Gasteiger partial charge < -0.3 is 9.84 Å². The van der Waals surface area contributed by atoms with Crippen molar-refractivity contribution < 1.29 is 18.3 Å². The molecule has 2 rings (SSSR count). The first-order valence-corrected chi connectivity index (χ1v) is 8.63. The van der Waals surface area contributed by atoms with Gasteiger partial charge in [0.2, 0.25) is 10.0 Å². The van der Waals surface area contributed by atoms with Gasteiger partial charge in [0, 0.05) is 13.6 Å². The average molecular weight is 335 g/mol. The minimum absolute atomic E-state index is 0.0252. The molecule has 0 aromatic heterocycles. The molecule has 0 bridgehead atoms. The van der Waals surface area contributed by atoms with Gasteiger partial charge in [0.1, 0.15) is 5.75 Å². The third-order valence-corrected chi connectivity index (χ3v) is 5.45. The Kier molecular flexibility index (Phi) is 5.41. The van der Waals surface area contributed by atoms with E-state index in [1.54, 1.807) is 49.6 Å². The first-order valence-electron chi connectivity index (χ1n) is 7.19. The van der Waals surface area contributed by atoms with Crippen LogP contribution in [0.15, 0.2) is 53.4 Å². The number of likely N-dealkylation sites (N-methyl/N-ethyl adjacent to an activating group) is 1. The zero-order chi connectivity index (χ0) is 17.0. The van der Waals surface area contributed by atoms with Gasteiger partial charge in [-0.2, -0.15) is 4.31 Å². The van der Waals surface area contributed by atoms with E-state index >= 15 is 0 Å². The Morgan fingerprint density at radius 2 is 1.83 bits per heavy atom. The highest BCUT2D eigenvalue weighted by Crippen LogP contribution is 2.21. The van der Waals surface area contributed by atoms with E-state index in [0.717, 1.165) is 9.87 Å². The highest BCUT2D eigenvalue weighted by molar-refractivity contribution is 7.89. The van der Waals surface area contributed by atoms with E-state index in [4.69, 9.17) is 4.74 Å². The quantitative estimate of drug-likeness (QED) is 0.880. The van der Waals surface area contributed by atoms with E-state index in [1.807, 2.05) is 13.0 Å². The number of nitrogens with zero attached hydrogens (tertiary/aromatic N) is 1. The topological polar surface area (TPSA) is 66.8 Å². The number of aliphatic hydroxyl groups excluding tert-OH is 1. The second-order valence-electron chi connectivity index (χ2n) is 5.39. The minimum Gasteiger partial charge on any atom is -0.497 e. The van der Waals surface area contributed by atoms with Crippen LogP contribution in [0.4, 0.5) is 0 Å². The molecule has 6 heteroatoms. The van der Waals surface area contributed by atoms with E-state index in [1.165, 1.54) is 7.05 Å². The zero-order valence-electron chi connectivity index (χ0n) is 13.4. The van der Waals surface area contributed by atoms with Gasteiger partial charge in [-0.1, -0.05) is 24.3 Å². The summed E-state index contributed by atoms with van der Waals surface area (Å²) in [6.45, 7) is 1.81. The van der Waals surface area contributed by atoms with Gasteiger partial charge in [0.05, 0.1) is 18.1 Å². The van der Waals surface area contributed by atoms with Gasteiger partial charge in [0.15, 0.2) is 0 Å². The Labute approximate surface area is 137 Å². The highest BCUT2D eigenvalue weighted by Gasteiger charge is 2.23. The number of hydrogen-bond acceptors (Lipinski definition) is 4. The molecule has 0 amide bonds. The molecule has 1 N–H and O–H groups in total. The normalized spacial score (nSPS) is 13.1. The number of aliphatic hydroxyl groups is 1. The van der Waals surface area contributed by atoms with Crippen molar-refractivity contribution in [3.05, 3.63) is 59.7 Å². The molecule has 2 aromatic rings. The summed E-state index contributed by atoms with van der Waals surface area (Å²) in [7, 11) is -0.603. The molecule has 2 aromatic carbocycles. The predicted octanol–water partition coefficient (Wildman–Crippen LogP) is 2.36. The second kappa shape index (κ2) is 7.12. The van der Waals surface area contributed by atoms with Crippen LogP contribution in [0.25, 0.3) is 0 Å². The van der Waals surface area contributed by atoms with E-state index in [0.29, 0.717) is 11.3 Å². The largest absolute Gasteiger partial charge is 0.497 e. The molecule has 0 saturated carbocycles. The molecule has 1 unspecified atom stereocenters. The van der Waals surface area contributed by atoms with Crippen molar-refractivity contribution in [2.24, 2.45) is 0 Å². The van der Waals surface area contributed by atoms with Gasteiger partial charge in [-0.05, 0) is 42.3 Å². The van der Waals surface area contributed by atoms with Gasteiger partial charge in [-0.15, -0.1) is 0 Å². The van der Waals surface area contributed by atoms with Crippen LogP contribution >= 0.6 is 0 Å². The van der Waals surface area contributed by atoms with Crippen LogP contribution in [0.2, 0.25) is 0 Å². The lowest BCUT2D eigenvalue weighted by atomic mass is 10.1. The summed E-state index contributed by atoms with van der Waals surface area (Å²) < 4.78 is 31.3. The molecule has 0 radical (unpaired) electrons. The molecule has 0 aliphatic carbocycles. The monoisotopic (exact) mass is 335 g/mol. The number of benzene rings is 2. The Bertz CT molecular complexity index is 756. The summed E-state index contributed by atoms with van der Waals surface area (Å²) in [6, 6.07) is 13.6. The third-order valence-electron chi connectivity index (χ3n) is 3.63. The third kappa shape index (κ3) is 4.10. The Hall–Kier alpha value is -1.89. The highest BCUT2D eigenvalue weighted by atomic mass is 32.2. The van der Waals surface area contributed by atoms with Crippen molar-refractivity contribution in [1.82, 2.24) is 4.31 Å². The molecule has 1 atom stereocenters. The molecule has 0 saturated heterocycles. The van der Waals surface area contributed by atoms with E-state index in [2.05, 4.69) is 0 Å². The summed E-state index contributed by atoms with van der Waals surface area (Å²) in [5.41, 5.74) is 1.51. The predicted molar refractivity (Wildman–Crippen MR) is 88.9 cm³/mol. The van der Waals surface area contributed by atoms with E-state index in [-0.39, 0.29) is 11.4 Å². The molecular formula is C17H21NO4S. The molecule has 0 heterocycles. The minimum atomic E-state index is -3.63. The van der Waals surface area contributed by atoms with Crippen molar-refractivity contribution in [1.29, 1.82) is 0 Å². The smallest absolute Gasteiger partial charge is 0.242 e. The van der Waals surface area contributed by atoms with E-state index in [9.17, 15) is 13.5 Å². The fraction of sp³-hybridized carbons (Fsp3) is 0.294. The van der Waals surface area contributed by atoms with Gasteiger partial charge in [-0.3, -0.25) is 0 Å². The Morgan fingerprint density at radius 1 is 1.17 bits per heavy atom. The second-order valence-corrected chi connectivity index (χ2v) is 7.44. The maximum absolute atomic E-state index is 12.5. The van der Waals surface area contributed by atoms with Crippen LogP contribution in [-0.2, 0) is 10.0 Å². The molecular weight excluding hydrogens is 314 g/mol. The lowest BCUT2D eigenvalue weighted by Crippen LogP contribution is -2.31. The van der Waals surface area contributed by atoms with Gasteiger partial charge in [-0.25, -0.2) is 8.42 Å². The zero-order valence-corrected chi connectivity index (χ0v) is 14.2. The number of ether oxygens (including phenoxy) is 1. The van der Waals surface area contributed by atoms with Crippen molar-refractivity contribution >= 4 is 10.0 Å². The molecule has 0 spiro atoms. The Morgan fingerprint density at radius 3 is 2.39 bits per heavy atom. The van der Waals surface area contributed by atoms with Crippen molar-refractivity contribution in [2.45, 2.75) is 17.9 Å². The van der Waals surface area contributed by atoms with Crippen LogP contribution < -0.4 is 4.74 Å². The molecule has 0 aliphatic heterocycles. The molecule has 5 nitrogen and oxygen atoms in total. The van der Waals surface area contributed by atoms with Gasteiger partial charge >= 0.3 is 0 Å². The lowest BCUT2D eigenvalue weighted by Gasteiger charge is -2.21. The van der Waals surface area contributed by atoms with Crippen molar-refractivity contribution in [3.8, 4) is 5.75 Å². The van der Waals surface area contributed by atoms with Crippen molar-refractivity contribution in [2.75, 3.05) is 20.7 Å². The van der Waals surface area contributed by atoms with Crippen molar-refractivity contribution in [3.63, 3.8) is 0 Å². The van der Waals surface area contributed by atoms with Gasteiger partial charge in [0.25, 0.3) is 0 Å². The number of methoxy groups -OCH3 is 1. The SMILES string of the molecule is COc1ccc(C(O)CN(C)S(=O)(=O)c2cccc(C)c2)cc1. The maximum Gasteiger partial charge on any atom is 0.242 e. The van der Waals surface area contributed by atoms with Crippen LogP contribution in [0.3, 0.4) is 0 Å². The first-order chi connectivity index (χ1) is 10.8. The molecule has 0 fully saturated rings. The number of hydrogen-bond donors (Lipinski definition) is 1. The fourth-order valence-electron chi connectivity index (χ4n) is 2.23. The molecule has 124 valence electrons. The summed E-state index contributed by atoms with van der Waals surface area (Å²) in [5.74, 6) is 0.682. The Balaban J connectivity index is 2.14. The molecule has 0 aliphatic rings. The van der Waals surface area contributed by atoms with Crippen LogP contribution in [0, 0.1) is 6.92 Å². The molecule has 23 heavy (non-hydrogen) atoms.